The number of halogens is 1. The van der Waals surface area contributed by atoms with Gasteiger partial charge in [0, 0.05) is 15.6 Å². The van der Waals surface area contributed by atoms with Gasteiger partial charge in [-0.3, -0.25) is 4.79 Å². The number of carbonyl (C=O) groups excluding carboxylic acids is 1. The number of hydrazone groups is 1. The molecule has 0 fully saturated rings. The van der Waals surface area contributed by atoms with Gasteiger partial charge in [0.15, 0.2) is 0 Å². The Bertz CT molecular complexity index is 1040. The van der Waals surface area contributed by atoms with Crippen LogP contribution in [0.1, 0.15) is 27.0 Å². The molecule has 0 atom stereocenters. The van der Waals surface area contributed by atoms with E-state index in [2.05, 4.69) is 32.5 Å². The van der Waals surface area contributed by atoms with Crippen molar-refractivity contribution in [2.75, 3.05) is 0 Å². The van der Waals surface area contributed by atoms with Gasteiger partial charge in [0.2, 0.25) is 0 Å². The van der Waals surface area contributed by atoms with Crippen LogP contribution < -0.4 is 10.2 Å². The molecule has 3 aromatic carbocycles. The van der Waals surface area contributed by atoms with Gasteiger partial charge in [0.25, 0.3) is 5.91 Å². The van der Waals surface area contributed by atoms with E-state index in [0.29, 0.717) is 23.5 Å². The largest absolute Gasteiger partial charge is 0.489 e. The molecule has 1 amide bonds. The summed E-state index contributed by atoms with van der Waals surface area (Å²) in [4.78, 5) is 12.0. The van der Waals surface area contributed by atoms with E-state index in [-0.39, 0.29) is 5.91 Å². The van der Waals surface area contributed by atoms with E-state index in [1.165, 1.54) is 0 Å². The molecule has 0 radical (unpaired) electrons. The van der Waals surface area contributed by atoms with Crippen LogP contribution in [0.15, 0.2) is 82.4 Å². The molecule has 0 aromatic heterocycles. The number of rotatable bonds is 6. The minimum absolute atomic E-state index is 0.284. The van der Waals surface area contributed by atoms with E-state index in [9.17, 15) is 4.79 Å². The van der Waals surface area contributed by atoms with Crippen molar-refractivity contribution in [3.63, 3.8) is 0 Å². The zero-order valence-corrected chi connectivity index (χ0v) is 16.4. The SMILES string of the molecule is N#Cc1ccccc1COc1ccc(/C=N\NC(=O)c2cccc(Br)c2)cc1. The molecule has 3 aromatic rings. The summed E-state index contributed by atoms with van der Waals surface area (Å²) in [5.74, 6) is 0.400. The summed E-state index contributed by atoms with van der Waals surface area (Å²) in [6, 6.07) is 23.9. The van der Waals surface area contributed by atoms with Gasteiger partial charge in [0.05, 0.1) is 17.8 Å². The van der Waals surface area contributed by atoms with Crippen molar-refractivity contribution in [1.29, 1.82) is 5.26 Å². The first-order valence-electron chi connectivity index (χ1n) is 8.45. The van der Waals surface area contributed by atoms with Crippen LogP contribution in [-0.2, 0) is 6.61 Å². The molecule has 0 saturated heterocycles. The predicted octanol–water partition coefficient (Wildman–Crippen LogP) is 4.66. The summed E-state index contributed by atoms with van der Waals surface area (Å²) in [6.45, 7) is 0.319. The lowest BCUT2D eigenvalue weighted by Gasteiger charge is -2.07. The normalized spacial score (nSPS) is 10.4. The van der Waals surface area contributed by atoms with Crippen molar-refractivity contribution in [2.24, 2.45) is 5.10 Å². The number of carbonyl (C=O) groups is 1. The standard InChI is InChI=1S/C22H16BrN3O2/c23-20-7-3-6-17(12-20)22(27)26-25-14-16-8-10-21(11-9-16)28-15-19-5-2-1-4-18(19)13-24/h1-12,14H,15H2,(H,26,27)/b25-14-. The second-order valence-electron chi connectivity index (χ2n) is 5.84. The number of ether oxygens (including phenoxy) is 1. The summed E-state index contributed by atoms with van der Waals surface area (Å²) in [5.41, 5.74) is 5.28. The van der Waals surface area contributed by atoms with E-state index in [4.69, 9.17) is 10.00 Å². The number of hydrogen-bond acceptors (Lipinski definition) is 4. The van der Waals surface area contributed by atoms with Gasteiger partial charge in [-0.05, 0) is 54.1 Å². The highest BCUT2D eigenvalue weighted by atomic mass is 79.9. The smallest absolute Gasteiger partial charge is 0.271 e. The number of amides is 1. The zero-order chi connectivity index (χ0) is 19.8. The molecule has 138 valence electrons. The van der Waals surface area contributed by atoms with Crippen LogP contribution in [0.5, 0.6) is 5.75 Å². The Balaban J connectivity index is 1.55. The van der Waals surface area contributed by atoms with E-state index < -0.39 is 0 Å². The molecule has 0 aliphatic heterocycles. The van der Waals surface area contributed by atoms with Crippen LogP contribution in [0.2, 0.25) is 0 Å². The van der Waals surface area contributed by atoms with Gasteiger partial charge in [-0.1, -0.05) is 40.2 Å². The second-order valence-corrected chi connectivity index (χ2v) is 6.75. The average Bonchev–Trinajstić information content (AvgIpc) is 2.73. The fourth-order valence-corrected chi connectivity index (χ4v) is 2.83. The third-order valence-electron chi connectivity index (χ3n) is 3.88. The maximum absolute atomic E-state index is 12.0. The lowest BCUT2D eigenvalue weighted by atomic mass is 10.1. The van der Waals surface area contributed by atoms with E-state index in [1.807, 2.05) is 48.5 Å². The first-order valence-corrected chi connectivity index (χ1v) is 9.25. The summed E-state index contributed by atoms with van der Waals surface area (Å²) in [6.07, 6.45) is 1.56. The molecule has 0 aliphatic carbocycles. The molecule has 28 heavy (non-hydrogen) atoms. The maximum Gasteiger partial charge on any atom is 0.271 e. The molecule has 3 rings (SSSR count). The average molecular weight is 434 g/mol. The quantitative estimate of drug-likeness (QED) is 0.453. The fourth-order valence-electron chi connectivity index (χ4n) is 2.43. The van der Waals surface area contributed by atoms with Crippen LogP contribution in [0, 0.1) is 11.3 Å². The summed E-state index contributed by atoms with van der Waals surface area (Å²) in [7, 11) is 0. The lowest BCUT2D eigenvalue weighted by Crippen LogP contribution is -2.17. The van der Waals surface area contributed by atoms with Crippen LogP contribution >= 0.6 is 15.9 Å². The van der Waals surface area contributed by atoms with Gasteiger partial charge in [-0.2, -0.15) is 10.4 Å². The lowest BCUT2D eigenvalue weighted by molar-refractivity contribution is 0.0955. The number of benzene rings is 3. The Hall–Kier alpha value is -3.43. The molecular formula is C22H16BrN3O2. The van der Waals surface area contributed by atoms with Gasteiger partial charge in [-0.25, -0.2) is 5.43 Å². The van der Waals surface area contributed by atoms with Crippen molar-refractivity contribution in [1.82, 2.24) is 5.43 Å². The Labute approximate surface area is 171 Å². The number of nitrogens with zero attached hydrogens (tertiary/aromatic N) is 2. The number of nitrogens with one attached hydrogen (secondary N) is 1. The van der Waals surface area contributed by atoms with Gasteiger partial charge >= 0.3 is 0 Å². The number of nitriles is 1. The van der Waals surface area contributed by atoms with Crippen LogP contribution in [-0.4, -0.2) is 12.1 Å². The Morgan fingerprint density at radius 1 is 1.11 bits per heavy atom. The molecule has 0 heterocycles. The minimum Gasteiger partial charge on any atom is -0.489 e. The number of hydrogen-bond donors (Lipinski definition) is 1. The third-order valence-corrected chi connectivity index (χ3v) is 4.37. The molecule has 0 spiro atoms. The van der Waals surface area contributed by atoms with Gasteiger partial charge in [0.1, 0.15) is 12.4 Å². The van der Waals surface area contributed by atoms with Crippen molar-refractivity contribution in [2.45, 2.75) is 6.61 Å². The van der Waals surface area contributed by atoms with E-state index in [0.717, 1.165) is 15.6 Å². The van der Waals surface area contributed by atoms with E-state index in [1.54, 1.807) is 30.5 Å². The van der Waals surface area contributed by atoms with Crippen molar-refractivity contribution < 1.29 is 9.53 Å². The van der Waals surface area contributed by atoms with Crippen molar-refractivity contribution in [3.05, 3.63) is 99.5 Å². The van der Waals surface area contributed by atoms with Crippen LogP contribution in [0.4, 0.5) is 0 Å². The third kappa shape index (κ3) is 5.29. The molecule has 0 aliphatic rings. The molecule has 6 heteroatoms. The summed E-state index contributed by atoms with van der Waals surface area (Å²) in [5, 5.41) is 13.1. The molecule has 0 bridgehead atoms. The molecular weight excluding hydrogens is 418 g/mol. The van der Waals surface area contributed by atoms with Crippen LogP contribution in [0.3, 0.4) is 0 Å². The predicted molar refractivity (Wildman–Crippen MR) is 111 cm³/mol. The second kappa shape index (κ2) is 9.49. The first kappa shape index (κ1) is 19.3. The Kier molecular flexibility index (Phi) is 6.55. The summed E-state index contributed by atoms with van der Waals surface area (Å²) >= 11 is 3.33. The van der Waals surface area contributed by atoms with Crippen LogP contribution in [0.25, 0.3) is 0 Å². The molecule has 5 nitrogen and oxygen atoms in total. The zero-order valence-electron chi connectivity index (χ0n) is 14.8. The molecule has 1 N–H and O–H groups in total. The topological polar surface area (TPSA) is 74.5 Å². The highest BCUT2D eigenvalue weighted by molar-refractivity contribution is 9.10. The highest BCUT2D eigenvalue weighted by Gasteiger charge is 2.04. The van der Waals surface area contributed by atoms with Crippen molar-refractivity contribution in [3.8, 4) is 11.8 Å². The highest BCUT2D eigenvalue weighted by Crippen LogP contribution is 2.15. The molecule has 0 unspecified atom stereocenters. The van der Waals surface area contributed by atoms with Gasteiger partial charge < -0.3 is 4.74 Å². The Morgan fingerprint density at radius 2 is 1.89 bits per heavy atom. The van der Waals surface area contributed by atoms with E-state index >= 15 is 0 Å². The fraction of sp³-hybridized carbons (Fsp3) is 0.0455. The minimum atomic E-state index is -0.284. The monoisotopic (exact) mass is 433 g/mol. The van der Waals surface area contributed by atoms with Crippen molar-refractivity contribution >= 4 is 28.1 Å². The first-order chi connectivity index (χ1) is 13.7. The summed E-state index contributed by atoms with van der Waals surface area (Å²) < 4.78 is 6.56. The molecule has 0 saturated carbocycles. The maximum atomic E-state index is 12.0. The Morgan fingerprint density at radius 3 is 2.64 bits per heavy atom. The van der Waals surface area contributed by atoms with Gasteiger partial charge in [-0.15, -0.1) is 0 Å².